The Balaban J connectivity index is 2.72. The molecule has 1 aliphatic rings. The smallest absolute Gasteiger partial charge is 0.310 e. The summed E-state index contributed by atoms with van der Waals surface area (Å²) < 4.78 is 5.82. The van der Waals surface area contributed by atoms with Gasteiger partial charge in [-0.3, -0.25) is 4.79 Å². The van der Waals surface area contributed by atoms with Crippen LogP contribution in [0.2, 0.25) is 0 Å². The van der Waals surface area contributed by atoms with Crippen LogP contribution in [0.4, 0.5) is 0 Å². The first-order valence-corrected chi connectivity index (χ1v) is 5.40. The maximum atomic E-state index is 11.2. The fraction of sp³-hybridized carbons (Fsp3) is 0.400. The number of nitriles is 1. The van der Waals surface area contributed by atoms with Crippen molar-refractivity contribution in [1.29, 1.82) is 5.26 Å². The van der Waals surface area contributed by atoms with Gasteiger partial charge >= 0.3 is 5.97 Å². The summed E-state index contributed by atoms with van der Waals surface area (Å²) >= 11 is 2.14. The molecule has 0 aromatic carbocycles. The lowest BCUT2D eigenvalue weighted by Crippen LogP contribution is -2.05. The van der Waals surface area contributed by atoms with Crippen LogP contribution < -0.4 is 0 Å². The van der Waals surface area contributed by atoms with Gasteiger partial charge in [0.25, 0.3) is 0 Å². The molecule has 0 heterocycles. The van der Waals surface area contributed by atoms with E-state index in [0.717, 1.165) is 9.15 Å². The molecule has 1 aliphatic carbocycles. The van der Waals surface area contributed by atoms with Gasteiger partial charge in [0.15, 0.2) is 0 Å². The van der Waals surface area contributed by atoms with Crippen LogP contribution in [0, 0.1) is 11.3 Å². The van der Waals surface area contributed by atoms with Crippen molar-refractivity contribution in [1.82, 2.24) is 0 Å². The van der Waals surface area contributed by atoms with E-state index in [1.807, 2.05) is 6.08 Å². The highest BCUT2D eigenvalue weighted by Crippen LogP contribution is 2.32. The number of halogens is 1. The molecule has 0 atom stereocenters. The molecular formula is C10H10INO2. The Kier molecular flexibility index (Phi) is 4.14. The fourth-order valence-electron chi connectivity index (χ4n) is 1.24. The highest BCUT2D eigenvalue weighted by molar-refractivity contribution is 14.1. The lowest BCUT2D eigenvalue weighted by molar-refractivity contribution is -0.142. The third-order valence-corrected chi connectivity index (χ3v) is 2.99. The van der Waals surface area contributed by atoms with E-state index >= 15 is 0 Å². The van der Waals surface area contributed by atoms with E-state index in [0.29, 0.717) is 18.6 Å². The van der Waals surface area contributed by atoms with Crippen molar-refractivity contribution in [2.24, 2.45) is 0 Å². The first-order chi connectivity index (χ1) is 6.69. The largest absolute Gasteiger partial charge is 0.466 e. The van der Waals surface area contributed by atoms with Gasteiger partial charge in [-0.15, -0.1) is 0 Å². The van der Waals surface area contributed by atoms with Crippen LogP contribution in [0.15, 0.2) is 20.8 Å². The lowest BCUT2D eigenvalue weighted by Gasteiger charge is -2.03. The van der Waals surface area contributed by atoms with E-state index in [-0.39, 0.29) is 12.4 Å². The van der Waals surface area contributed by atoms with E-state index in [4.69, 9.17) is 10.00 Å². The zero-order chi connectivity index (χ0) is 10.6. The van der Waals surface area contributed by atoms with Gasteiger partial charge in [0, 0.05) is 15.6 Å². The van der Waals surface area contributed by atoms with Crippen molar-refractivity contribution < 1.29 is 9.53 Å². The Morgan fingerprint density at radius 3 is 3.07 bits per heavy atom. The monoisotopic (exact) mass is 303 g/mol. The van der Waals surface area contributed by atoms with Crippen molar-refractivity contribution in [2.75, 3.05) is 6.61 Å². The minimum atomic E-state index is -0.264. The van der Waals surface area contributed by atoms with Crippen LogP contribution in [0.1, 0.15) is 19.8 Å². The molecule has 0 bridgehead atoms. The predicted molar refractivity (Wildman–Crippen MR) is 60.6 cm³/mol. The predicted octanol–water partition coefficient (Wildman–Crippen LogP) is 2.48. The average Bonchev–Trinajstić information content (AvgIpc) is 2.48. The third-order valence-electron chi connectivity index (χ3n) is 1.90. The van der Waals surface area contributed by atoms with E-state index in [1.165, 1.54) is 0 Å². The van der Waals surface area contributed by atoms with Gasteiger partial charge < -0.3 is 4.74 Å². The highest BCUT2D eigenvalue weighted by atomic mass is 127. The quantitative estimate of drug-likeness (QED) is 0.594. The summed E-state index contributed by atoms with van der Waals surface area (Å²) in [6.07, 6.45) is 2.81. The van der Waals surface area contributed by atoms with E-state index in [1.54, 1.807) is 6.92 Å². The molecule has 0 aromatic heterocycles. The molecule has 0 radical (unpaired) electrons. The molecule has 0 N–H and O–H groups in total. The van der Waals surface area contributed by atoms with Gasteiger partial charge in [-0.1, -0.05) is 6.08 Å². The first kappa shape index (κ1) is 11.2. The topological polar surface area (TPSA) is 50.1 Å². The SMILES string of the molecule is CCOC(=O)CC1=C(C#N)CC=C1I. The Hall–Kier alpha value is -0.830. The van der Waals surface area contributed by atoms with Crippen molar-refractivity contribution in [3.05, 3.63) is 20.8 Å². The second-order valence-corrected chi connectivity index (χ2v) is 3.97. The summed E-state index contributed by atoms with van der Waals surface area (Å²) in [7, 11) is 0. The molecule has 0 saturated heterocycles. The molecule has 14 heavy (non-hydrogen) atoms. The molecule has 0 fully saturated rings. The van der Waals surface area contributed by atoms with Crippen LogP contribution in [0.5, 0.6) is 0 Å². The summed E-state index contributed by atoms with van der Waals surface area (Å²) in [5.74, 6) is -0.264. The highest BCUT2D eigenvalue weighted by Gasteiger charge is 2.18. The fourth-order valence-corrected chi connectivity index (χ4v) is 1.98. The number of rotatable bonds is 3. The van der Waals surface area contributed by atoms with Gasteiger partial charge in [-0.05, 0) is 35.1 Å². The number of hydrogen-bond donors (Lipinski definition) is 0. The summed E-state index contributed by atoms with van der Waals surface area (Å²) in [5.41, 5.74) is 1.51. The van der Waals surface area contributed by atoms with Crippen molar-refractivity contribution in [2.45, 2.75) is 19.8 Å². The molecule has 0 spiro atoms. The molecule has 0 aromatic rings. The van der Waals surface area contributed by atoms with Crippen LogP contribution in [-0.2, 0) is 9.53 Å². The standard InChI is InChI=1S/C10H10INO2/c1-2-14-10(13)5-8-7(6-12)3-4-9(8)11/h4H,2-3,5H2,1H3. The molecule has 0 aliphatic heterocycles. The minimum Gasteiger partial charge on any atom is -0.466 e. The number of carbonyl (C=O) groups is 1. The number of nitrogens with zero attached hydrogens (tertiary/aromatic N) is 1. The summed E-state index contributed by atoms with van der Waals surface area (Å²) in [6, 6.07) is 2.11. The van der Waals surface area contributed by atoms with Gasteiger partial charge in [-0.25, -0.2) is 0 Å². The molecule has 4 heteroatoms. The Labute approximate surface area is 96.6 Å². The molecule has 1 rings (SSSR count). The zero-order valence-electron chi connectivity index (χ0n) is 7.84. The van der Waals surface area contributed by atoms with E-state index in [2.05, 4.69) is 28.7 Å². The number of allylic oxidation sites excluding steroid dienone is 3. The van der Waals surface area contributed by atoms with Crippen LogP contribution >= 0.6 is 22.6 Å². The molecule has 74 valence electrons. The normalized spacial score (nSPS) is 15.1. The van der Waals surface area contributed by atoms with Crippen LogP contribution in [-0.4, -0.2) is 12.6 Å². The lowest BCUT2D eigenvalue weighted by atomic mass is 10.1. The summed E-state index contributed by atoms with van der Waals surface area (Å²) in [4.78, 5) is 11.2. The van der Waals surface area contributed by atoms with Crippen LogP contribution in [0.25, 0.3) is 0 Å². The van der Waals surface area contributed by atoms with Gasteiger partial charge in [0.1, 0.15) is 0 Å². The number of esters is 1. The van der Waals surface area contributed by atoms with E-state index in [9.17, 15) is 4.79 Å². The Morgan fingerprint density at radius 2 is 2.50 bits per heavy atom. The molecule has 0 saturated carbocycles. The van der Waals surface area contributed by atoms with E-state index < -0.39 is 0 Å². The van der Waals surface area contributed by atoms with Gasteiger partial charge in [-0.2, -0.15) is 5.26 Å². The Bertz CT molecular complexity index is 350. The van der Waals surface area contributed by atoms with Gasteiger partial charge in [0.2, 0.25) is 0 Å². The maximum Gasteiger partial charge on any atom is 0.310 e. The van der Waals surface area contributed by atoms with Gasteiger partial charge in [0.05, 0.1) is 19.1 Å². The molecule has 0 unspecified atom stereocenters. The second kappa shape index (κ2) is 5.15. The molecule has 0 amide bonds. The second-order valence-electron chi connectivity index (χ2n) is 2.81. The number of hydrogen-bond acceptors (Lipinski definition) is 3. The Morgan fingerprint density at radius 1 is 1.79 bits per heavy atom. The maximum absolute atomic E-state index is 11.2. The summed E-state index contributed by atoms with van der Waals surface area (Å²) in [5, 5.41) is 8.80. The third kappa shape index (κ3) is 2.58. The first-order valence-electron chi connectivity index (χ1n) is 4.32. The summed E-state index contributed by atoms with van der Waals surface area (Å²) in [6.45, 7) is 2.15. The minimum absolute atomic E-state index is 0.214. The van der Waals surface area contributed by atoms with Crippen LogP contribution in [0.3, 0.4) is 0 Å². The van der Waals surface area contributed by atoms with Crippen molar-refractivity contribution >= 4 is 28.6 Å². The zero-order valence-corrected chi connectivity index (χ0v) is 10.00. The average molecular weight is 303 g/mol. The van der Waals surface area contributed by atoms with Crippen molar-refractivity contribution in [3.63, 3.8) is 0 Å². The number of ether oxygens (including phenoxy) is 1. The molecular weight excluding hydrogens is 293 g/mol. The molecule has 3 nitrogen and oxygen atoms in total. The number of carbonyl (C=O) groups excluding carboxylic acids is 1. The van der Waals surface area contributed by atoms with Crippen molar-refractivity contribution in [3.8, 4) is 6.07 Å².